The molecule has 0 aliphatic carbocycles. The molecule has 1 rings (SSSR count). The molecule has 0 saturated carbocycles. The molecule has 5 nitrogen and oxygen atoms in total. The van der Waals surface area contributed by atoms with Crippen LogP contribution in [0.1, 0.15) is 90.4 Å². The van der Waals surface area contributed by atoms with Crippen LogP contribution in [-0.4, -0.2) is 59.6 Å². The average Bonchev–Trinajstić information content (AvgIpc) is 3.03. The maximum absolute atomic E-state index is 9.82. The summed E-state index contributed by atoms with van der Waals surface area (Å²) < 4.78 is 11.0. The smallest absolute Gasteiger partial charge is 0.114 e. The summed E-state index contributed by atoms with van der Waals surface area (Å²) in [6.45, 7) is 2.69. The predicted molar refractivity (Wildman–Crippen MR) is 113 cm³/mol. The molecule has 0 bridgehead atoms. The van der Waals surface area contributed by atoms with Crippen LogP contribution in [0.2, 0.25) is 0 Å². The Hall–Kier alpha value is -0.460. The molecule has 1 saturated heterocycles. The van der Waals surface area contributed by atoms with E-state index >= 15 is 0 Å². The zero-order chi connectivity index (χ0) is 20.5. The van der Waals surface area contributed by atoms with Gasteiger partial charge in [-0.2, -0.15) is 0 Å². The van der Waals surface area contributed by atoms with Crippen molar-refractivity contribution in [1.29, 1.82) is 0 Å². The Kier molecular flexibility index (Phi) is 15.9. The Balaban J connectivity index is 1.86. The minimum Gasteiger partial charge on any atom is -0.394 e. The summed E-state index contributed by atoms with van der Waals surface area (Å²) in [6, 6.07) is 0. The van der Waals surface area contributed by atoms with Crippen molar-refractivity contribution in [3.05, 3.63) is 12.2 Å². The molecule has 0 spiro atoms. The fourth-order valence-corrected chi connectivity index (χ4v) is 3.61. The fourth-order valence-electron chi connectivity index (χ4n) is 3.61. The van der Waals surface area contributed by atoms with Gasteiger partial charge in [-0.15, -0.1) is 0 Å². The Morgan fingerprint density at radius 3 is 2.00 bits per heavy atom. The molecule has 1 aliphatic heterocycles. The maximum Gasteiger partial charge on any atom is 0.114 e. The third kappa shape index (κ3) is 11.5. The van der Waals surface area contributed by atoms with E-state index in [1.807, 2.05) is 0 Å². The van der Waals surface area contributed by atoms with E-state index in [2.05, 4.69) is 19.1 Å². The van der Waals surface area contributed by atoms with Crippen molar-refractivity contribution in [2.45, 2.75) is 115 Å². The Morgan fingerprint density at radius 1 is 0.893 bits per heavy atom. The van der Waals surface area contributed by atoms with Gasteiger partial charge in [0.1, 0.15) is 24.4 Å². The summed E-state index contributed by atoms with van der Waals surface area (Å²) in [5, 5.41) is 28.7. The van der Waals surface area contributed by atoms with Crippen LogP contribution < -0.4 is 0 Å². The topological polar surface area (TPSA) is 79.2 Å². The summed E-state index contributed by atoms with van der Waals surface area (Å²) in [4.78, 5) is 0. The van der Waals surface area contributed by atoms with E-state index in [1.54, 1.807) is 0 Å². The number of aliphatic hydroxyl groups is 3. The van der Waals surface area contributed by atoms with Crippen LogP contribution in [0.25, 0.3) is 0 Å². The average molecular weight is 401 g/mol. The first kappa shape index (κ1) is 25.6. The van der Waals surface area contributed by atoms with Gasteiger partial charge in [0.25, 0.3) is 0 Å². The van der Waals surface area contributed by atoms with Crippen molar-refractivity contribution in [1.82, 2.24) is 0 Å². The minimum absolute atomic E-state index is 0.0982. The molecular weight excluding hydrogens is 356 g/mol. The van der Waals surface area contributed by atoms with Gasteiger partial charge in [0.2, 0.25) is 0 Å². The monoisotopic (exact) mass is 400 g/mol. The van der Waals surface area contributed by atoms with Crippen molar-refractivity contribution in [2.75, 3.05) is 19.8 Å². The second kappa shape index (κ2) is 17.4. The van der Waals surface area contributed by atoms with Crippen molar-refractivity contribution < 1.29 is 24.8 Å². The SMILES string of the molecule is CCCCC/C=C/CCCCCCCCCCO[C@H](CO)[C@@H]1OC[C@H](O)[C@@H]1O. The highest BCUT2D eigenvalue weighted by Crippen LogP contribution is 2.20. The van der Waals surface area contributed by atoms with Crippen molar-refractivity contribution in [3.63, 3.8) is 0 Å². The molecule has 0 unspecified atom stereocenters. The molecule has 1 heterocycles. The molecule has 0 amide bonds. The number of hydrogen-bond donors (Lipinski definition) is 3. The van der Waals surface area contributed by atoms with Gasteiger partial charge in [0.15, 0.2) is 0 Å². The highest BCUT2D eigenvalue weighted by molar-refractivity contribution is 4.88. The Bertz CT molecular complexity index is 374. The molecule has 166 valence electrons. The lowest BCUT2D eigenvalue weighted by atomic mass is 10.1. The molecule has 0 radical (unpaired) electrons. The standard InChI is InChI=1S/C23H44O5/c1-2-3-4-5-6-7-8-9-10-11-12-13-14-15-16-17-27-21(18-24)23-22(26)20(25)19-28-23/h6-7,20-26H,2-5,8-19H2,1H3/b7-6+/t20-,21+,22-,23-/m0/s1. The van der Waals surface area contributed by atoms with E-state index in [0.29, 0.717) is 6.61 Å². The van der Waals surface area contributed by atoms with Crippen LogP contribution in [-0.2, 0) is 9.47 Å². The van der Waals surface area contributed by atoms with E-state index < -0.39 is 24.4 Å². The number of hydrogen-bond acceptors (Lipinski definition) is 5. The quantitative estimate of drug-likeness (QED) is 0.238. The zero-order valence-corrected chi connectivity index (χ0v) is 17.9. The van der Waals surface area contributed by atoms with Gasteiger partial charge in [-0.1, -0.05) is 70.4 Å². The van der Waals surface area contributed by atoms with Crippen LogP contribution >= 0.6 is 0 Å². The van der Waals surface area contributed by atoms with Crippen LogP contribution in [0, 0.1) is 0 Å². The van der Waals surface area contributed by atoms with E-state index in [9.17, 15) is 15.3 Å². The molecule has 5 heteroatoms. The molecule has 3 N–H and O–H groups in total. The first-order valence-corrected chi connectivity index (χ1v) is 11.6. The second-order valence-corrected chi connectivity index (χ2v) is 8.03. The first-order chi connectivity index (χ1) is 13.7. The van der Waals surface area contributed by atoms with E-state index in [1.165, 1.54) is 70.6 Å². The van der Waals surface area contributed by atoms with Crippen molar-refractivity contribution in [3.8, 4) is 0 Å². The van der Waals surface area contributed by atoms with Gasteiger partial charge in [0.05, 0.1) is 13.2 Å². The number of ether oxygens (including phenoxy) is 2. The molecule has 1 aliphatic rings. The molecule has 1 fully saturated rings. The summed E-state index contributed by atoms with van der Waals surface area (Å²) in [6.07, 6.45) is 17.9. The number of aliphatic hydroxyl groups excluding tert-OH is 3. The van der Waals surface area contributed by atoms with E-state index in [0.717, 1.165) is 12.8 Å². The van der Waals surface area contributed by atoms with Gasteiger partial charge >= 0.3 is 0 Å². The minimum atomic E-state index is -0.978. The van der Waals surface area contributed by atoms with E-state index in [4.69, 9.17) is 9.47 Å². The summed E-state index contributed by atoms with van der Waals surface area (Å²) >= 11 is 0. The molecule has 4 atom stereocenters. The third-order valence-electron chi connectivity index (χ3n) is 5.47. The van der Waals surface area contributed by atoms with Gasteiger partial charge in [-0.25, -0.2) is 0 Å². The highest BCUT2D eigenvalue weighted by Gasteiger charge is 2.40. The largest absolute Gasteiger partial charge is 0.394 e. The second-order valence-electron chi connectivity index (χ2n) is 8.03. The van der Waals surface area contributed by atoms with Gasteiger partial charge < -0.3 is 24.8 Å². The number of unbranched alkanes of at least 4 members (excludes halogenated alkanes) is 11. The number of rotatable bonds is 18. The third-order valence-corrected chi connectivity index (χ3v) is 5.47. The first-order valence-electron chi connectivity index (χ1n) is 11.6. The Labute approximate surface area is 172 Å². The lowest BCUT2D eigenvalue weighted by Crippen LogP contribution is -2.42. The van der Waals surface area contributed by atoms with Crippen molar-refractivity contribution >= 4 is 0 Å². The molecule has 0 aromatic carbocycles. The summed E-state index contributed by atoms with van der Waals surface area (Å²) in [7, 11) is 0. The zero-order valence-electron chi connectivity index (χ0n) is 17.9. The molecule has 0 aromatic heterocycles. The van der Waals surface area contributed by atoms with Gasteiger partial charge in [-0.05, 0) is 32.1 Å². The molecular formula is C23H44O5. The van der Waals surface area contributed by atoms with Crippen LogP contribution in [0.5, 0.6) is 0 Å². The molecule has 0 aromatic rings. The van der Waals surface area contributed by atoms with Gasteiger partial charge in [-0.3, -0.25) is 0 Å². The molecule has 28 heavy (non-hydrogen) atoms. The van der Waals surface area contributed by atoms with Gasteiger partial charge in [0, 0.05) is 6.61 Å². The van der Waals surface area contributed by atoms with Crippen LogP contribution in [0.15, 0.2) is 12.2 Å². The summed E-state index contributed by atoms with van der Waals surface area (Å²) in [5.41, 5.74) is 0. The van der Waals surface area contributed by atoms with Crippen LogP contribution in [0.3, 0.4) is 0 Å². The normalized spacial score (nSPS) is 23.6. The fraction of sp³-hybridized carbons (Fsp3) is 0.913. The van der Waals surface area contributed by atoms with E-state index in [-0.39, 0.29) is 13.2 Å². The highest BCUT2D eigenvalue weighted by atomic mass is 16.6. The Morgan fingerprint density at radius 2 is 1.46 bits per heavy atom. The predicted octanol–water partition coefficient (Wildman–Crippen LogP) is 4.13. The van der Waals surface area contributed by atoms with Crippen LogP contribution in [0.4, 0.5) is 0 Å². The van der Waals surface area contributed by atoms with Crippen molar-refractivity contribution in [2.24, 2.45) is 0 Å². The number of allylic oxidation sites excluding steroid dienone is 2. The lowest BCUT2D eigenvalue weighted by molar-refractivity contribution is -0.101. The maximum atomic E-state index is 9.82. The lowest BCUT2D eigenvalue weighted by Gasteiger charge is -2.24. The summed E-state index contributed by atoms with van der Waals surface area (Å²) in [5.74, 6) is 0.